The molecule has 0 amide bonds. The second-order valence-corrected chi connectivity index (χ2v) is 10.6. The van der Waals surface area contributed by atoms with Gasteiger partial charge in [0.05, 0.1) is 4.83 Å². The molecular formula is C21H31BrO3. The van der Waals surface area contributed by atoms with Gasteiger partial charge >= 0.3 is 5.97 Å². The van der Waals surface area contributed by atoms with Crippen LogP contribution in [-0.4, -0.2) is 22.7 Å². The van der Waals surface area contributed by atoms with E-state index in [4.69, 9.17) is 4.74 Å². The lowest BCUT2D eigenvalue weighted by Gasteiger charge is -2.60. The topological polar surface area (TPSA) is 43.4 Å². The van der Waals surface area contributed by atoms with E-state index in [-0.39, 0.29) is 22.3 Å². The van der Waals surface area contributed by atoms with Gasteiger partial charge in [0.1, 0.15) is 11.9 Å². The summed E-state index contributed by atoms with van der Waals surface area (Å²) < 4.78 is 5.74. The Hall–Kier alpha value is -0.380. The molecule has 0 unspecified atom stereocenters. The lowest BCUT2D eigenvalue weighted by molar-refractivity contribution is -0.161. The highest BCUT2D eigenvalue weighted by Crippen LogP contribution is 2.66. The molecule has 0 aromatic carbocycles. The molecule has 0 aliphatic heterocycles. The molecule has 4 rings (SSSR count). The van der Waals surface area contributed by atoms with E-state index in [0.717, 1.165) is 31.1 Å². The van der Waals surface area contributed by atoms with Crippen LogP contribution in [0.2, 0.25) is 0 Å². The fourth-order valence-corrected chi connectivity index (χ4v) is 8.53. The monoisotopic (exact) mass is 410 g/mol. The Morgan fingerprint density at radius 3 is 2.40 bits per heavy atom. The highest BCUT2D eigenvalue weighted by atomic mass is 79.9. The average molecular weight is 411 g/mol. The summed E-state index contributed by atoms with van der Waals surface area (Å²) in [6.07, 6.45) is 8.96. The van der Waals surface area contributed by atoms with Crippen molar-refractivity contribution < 1.29 is 14.3 Å². The van der Waals surface area contributed by atoms with Gasteiger partial charge in [0.15, 0.2) is 0 Å². The quantitative estimate of drug-likeness (QED) is 0.455. The number of hydrogen-bond acceptors (Lipinski definition) is 3. The summed E-state index contributed by atoms with van der Waals surface area (Å²) in [5, 5.41) is 0. The van der Waals surface area contributed by atoms with Gasteiger partial charge in [0.25, 0.3) is 0 Å². The first-order chi connectivity index (χ1) is 11.8. The Morgan fingerprint density at radius 1 is 1.00 bits per heavy atom. The van der Waals surface area contributed by atoms with Gasteiger partial charge in [-0.15, -0.1) is 0 Å². The SMILES string of the molecule is CC(=O)O[C@@H]1CC[C@@H]2[C@@H]3CC[C@@H]4[C@H](Br)C(=O)CC[C@]4(C)[C@@H]3CC[C@]21C. The highest BCUT2D eigenvalue weighted by Gasteiger charge is 2.62. The first-order valence-electron chi connectivity index (χ1n) is 10.1. The van der Waals surface area contributed by atoms with Gasteiger partial charge in [-0.2, -0.15) is 0 Å². The lowest BCUT2D eigenvalue weighted by atomic mass is 9.45. The number of ketones is 1. The predicted molar refractivity (Wildman–Crippen MR) is 100 cm³/mol. The normalized spacial score (nSPS) is 52.1. The molecule has 4 fully saturated rings. The molecule has 4 aliphatic rings. The van der Waals surface area contributed by atoms with Crippen molar-refractivity contribution in [3.8, 4) is 0 Å². The van der Waals surface area contributed by atoms with E-state index in [9.17, 15) is 9.59 Å². The largest absolute Gasteiger partial charge is 0.462 e. The predicted octanol–water partition coefficient (Wildman–Crippen LogP) is 4.90. The highest BCUT2D eigenvalue weighted by molar-refractivity contribution is 9.10. The molecule has 4 heteroatoms. The molecule has 0 spiro atoms. The van der Waals surface area contributed by atoms with Crippen LogP contribution in [0, 0.1) is 34.5 Å². The number of alkyl halides is 1. The van der Waals surface area contributed by atoms with Crippen LogP contribution in [0.1, 0.15) is 72.1 Å². The molecule has 0 N–H and O–H groups in total. The fraction of sp³-hybridized carbons (Fsp3) is 0.905. The molecule has 0 heterocycles. The molecule has 8 atom stereocenters. The van der Waals surface area contributed by atoms with Crippen molar-refractivity contribution in [2.24, 2.45) is 34.5 Å². The summed E-state index contributed by atoms with van der Waals surface area (Å²) in [6, 6.07) is 0. The minimum Gasteiger partial charge on any atom is -0.462 e. The van der Waals surface area contributed by atoms with Crippen LogP contribution >= 0.6 is 15.9 Å². The first kappa shape index (κ1) is 18.0. The van der Waals surface area contributed by atoms with Gasteiger partial charge in [-0.3, -0.25) is 9.59 Å². The summed E-state index contributed by atoms with van der Waals surface area (Å²) in [6.45, 7) is 6.39. The van der Waals surface area contributed by atoms with Crippen LogP contribution in [0.3, 0.4) is 0 Å². The first-order valence-corrected chi connectivity index (χ1v) is 11.0. The number of carbonyl (C=O) groups is 2. The van der Waals surface area contributed by atoms with Crippen molar-refractivity contribution in [2.45, 2.75) is 83.1 Å². The Bertz CT molecular complexity index is 590. The summed E-state index contributed by atoms with van der Waals surface area (Å²) in [4.78, 5) is 23.8. The summed E-state index contributed by atoms with van der Waals surface area (Å²) in [5.41, 5.74) is 0.458. The molecule has 25 heavy (non-hydrogen) atoms. The number of carbonyl (C=O) groups excluding carboxylic acids is 2. The summed E-state index contributed by atoms with van der Waals surface area (Å²) >= 11 is 3.74. The standard InChI is InChI=1S/C21H31BrO3/c1-12(23)25-18-7-6-14-13-4-5-16-19(22)17(24)9-11-20(16,2)15(13)8-10-21(14,18)3/h13-16,18-19H,4-11H2,1-3H3/t13-,14+,15+,16+,18+,19-,20+,21+/m0/s1. The van der Waals surface area contributed by atoms with Crippen molar-refractivity contribution in [1.82, 2.24) is 0 Å². The second-order valence-electron chi connectivity index (χ2n) is 9.65. The molecule has 0 aromatic heterocycles. The third kappa shape index (κ3) is 2.56. The summed E-state index contributed by atoms with van der Waals surface area (Å²) in [7, 11) is 0. The minimum atomic E-state index is -0.127. The zero-order valence-corrected chi connectivity index (χ0v) is 17.3. The van der Waals surface area contributed by atoms with Gasteiger partial charge in [-0.05, 0) is 74.0 Å². The summed E-state index contributed by atoms with van der Waals surface area (Å²) in [5.74, 6) is 2.95. The fourth-order valence-electron chi connectivity index (χ4n) is 7.44. The van der Waals surface area contributed by atoms with Gasteiger partial charge in [-0.25, -0.2) is 0 Å². The third-order valence-corrected chi connectivity index (χ3v) is 9.88. The maximum absolute atomic E-state index is 12.2. The van der Waals surface area contributed by atoms with Crippen LogP contribution in [0.15, 0.2) is 0 Å². The Balaban J connectivity index is 1.60. The van der Waals surface area contributed by atoms with Crippen LogP contribution in [0.25, 0.3) is 0 Å². The van der Waals surface area contributed by atoms with E-state index >= 15 is 0 Å². The molecule has 0 radical (unpaired) electrons. The average Bonchev–Trinajstić information content (AvgIpc) is 2.88. The van der Waals surface area contributed by atoms with Gasteiger partial charge in [0.2, 0.25) is 0 Å². The Morgan fingerprint density at radius 2 is 1.68 bits per heavy atom. The van der Waals surface area contributed by atoms with Crippen molar-refractivity contribution in [2.75, 3.05) is 0 Å². The number of fused-ring (bicyclic) bond motifs is 5. The van der Waals surface area contributed by atoms with E-state index in [1.165, 1.54) is 32.1 Å². The zero-order valence-electron chi connectivity index (χ0n) is 15.7. The minimum absolute atomic E-state index is 0.0675. The number of Topliss-reactive ketones (excluding diaryl/α,β-unsaturated/α-hetero) is 1. The van der Waals surface area contributed by atoms with Crippen LogP contribution in [0.4, 0.5) is 0 Å². The van der Waals surface area contributed by atoms with E-state index in [2.05, 4.69) is 29.8 Å². The zero-order chi connectivity index (χ0) is 18.0. The molecule has 4 aliphatic carbocycles. The second kappa shape index (κ2) is 6.07. The van der Waals surface area contributed by atoms with Gasteiger partial charge in [-0.1, -0.05) is 29.8 Å². The van der Waals surface area contributed by atoms with Gasteiger partial charge in [0, 0.05) is 18.8 Å². The molecule has 140 valence electrons. The van der Waals surface area contributed by atoms with E-state index in [1.807, 2.05) is 0 Å². The molecular weight excluding hydrogens is 380 g/mol. The molecule has 0 saturated heterocycles. The molecule has 4 saturated carbocycles. The smallest absolute Gasteiger partial charge is 0.302 e. The maximum Gasteiger partial charge on any atom is 0.302 e. The molecule has 3 nitrogen and oxygen atoms in total. The Labute approximate surface area is 159 Å². The van der Waals surface area contributed by atoms with Gasteiger partial charge < -0.3 is 4.74 Å². The van der Waals surface area contributed by atoms with Crippen molar-refractivity contribution in [3.63, 3.8) is 0 Å². The number of rotatable bonds is 1. The number of esters is 1. The maximum atomic E-state index is 12.2. The van der Waals surface area contributed by atoms with E-state index < -0.39 is 0 Å². The Kier molecular flexibility index (Phi) is 4.37. The van der Waals surface area contributed by atoms with E-state index in [0.29, 0.717) is 23.0 Å². The van der Waals surface area contributed by atoms with Crippen LogP contribution in [0.5, 0.6) is 0 Å². The van der Waals surface area contributed by atoms with Crippen LogP contribution in [-0.2, 0) is 14.3 Å². The van der Waals surface area contributed by atoms with Crippen LogP contribution < -0.4 is 0 Å². The van der Waals surface area contributed by atoms with E-state index in [1.54, 1.807) is 6.92 Å². The lowest BCUT2D eigenvalue weighted by Crippen LogP contribution is -2.56. The van der Waals surface area contributed by atoms with Crippen molar-refractivity contribution in [1.29, 1.82) is 0 Å². The molecule has 0 bridgehead atoms. The molecule has 0 aromatic rings. The number of halogens is 1. The number of hydrogen-bond donors (Lipinski definition) is 0. The number of ether oxygens (including phenoxy) is 1. The van der Waals surface area contributed by atoms with Crippen molar-refractivity contribution in [3.05, 3.63) is 0 Å². The van der Waals surface area contributed by atoms with Crippen molar-refractivity contribution >= 4 is 27.7 Å². The third-order valence-electron chi connectivity index (χ3n) is 8.73.